The van der Waals surface area contributed by atoms with Gasteiger partial charge in [-0.05, 0) is 63.5 Å². The first-order chi connectivity index (χ1) is 17.5. The van der Waals surface area contributed by atoms with Gasteiger partial charge in [-0.2, -0.15) is 0 Å². The number of amides is 3. The highest BCUT2D eigenvalue weighted by atomic mass is 16.6. The molecule has 1 fully saturated rings. The van der Waals surface area contributed by atoms with E-state index in [1.165, 1.54) is 12.0 Å². The second-order valence-corrected chi connectivity index (χ2v) is 11.6. The van der Waals surface area contributed by atoms with E-state index in [1.54, 1.807) is 25.7 Å². The molecule has 0 aromatic heterocycles. The summed E-state index contributed by atoms with van der Waals surface area (Å²) < 4.78 is 5.45. The van der Waals surface area contributed by atoms with Gasteiger partial charge in [0.15, 0.2) is 0 Å². The van der Waals surface area contributed by atoms with Crippen molar-refractivity contribution in [3.8, 4) is 0 Å². The summed E-state index contributed by atoms with van der Waals surface area (Å²) in [4.78, 5) is 42.3. The molecule has 1 saturated carbocycles. The third kappa shape index (κ3) is 9.67. The lowest BCUT2D eigenvalue weighted by Crippen LogP contribution is -2.55. The van der Waals surface area contributed by atoms with Gasteiger partial charge in [0.05, 0.1) is 0 Å². The first kappa shape index (κ1) is 30.7. The van der Waals surface area contributed by atoms with Crippen LogP contribution >= 0.6 is 0 Å². The lowest BCUT2D eigenvalue weighted by molar-refractivity contribution is -0.143. The number of unbranched alkanes of at least 4 members (excludes halogenated alkanes) is 1. The van der Waals surface area contributed by atoms with E-state index in [2.05, 4.69) is 24.5 Å². The topological polar surface area (TPSA) is 87.7 Å². The molecule has 0 radical (unpaired) electrons. The number of hydrogen-bond donors (Lipinski definition) is 2. The number of aryl methyl sites for hydroxylation is 1. The fourth-order valence-electron chi connectivity index (χ4n) is 4.76. The van der Waals surface area contributed by atoms with Crippen molar-refractivity contribution >= 4 is 17.9 Å². The average Bonchev–Trinajstić information content (AvgIpc) is 2.84. The molecule has 0 bridgehead atoms. The van der Waals surface area contributed by atoms with Gasteiger partial charge in [-0.15, -0.1) is 0 Å². The molecule has 1 aliphatic rings. The average molecular weight is 516 g/mol. The van der Waals surface area contributed by atoms with Crippen LogP contribution in [0.5, 0.6) is 0 Å². The predicted molar refractivity (Wildman–Crippen MR) is 148 cm³/mol. The lowest BCUT2D eigenvalue weighted by atomic mass is 9.94. The van der Waals surface area contributed by atoms with Gasteiger partial charge in [0.1, 0.15) is 17.7 Å². The summed E-state index contributed by atoms with van der Waals surface area (Å²) in [5, 5.41) is 6.04. The molecule has 1 aromatic carbocycles. The Bertz CT molecular complexity index is 870. The van der Waals surface area contributed by atoms with Gasteiger partial charge < -0.3 is 20.3 Å². The zero-order valence-corrected chi connectivity index (χ0v) is 24.1. The van der Waals surface area contributed by atoms with Crippen LogP contribution in [0, 0.1) is 5.92 Å². The Labute approximate surface area is 224 Å². The third-order valence-corrected chi connectivity index (χ3v) is 6.86. The minimum Gasteiger partial charge on any atom is -0.444 e. The van der Waals surface area contributed by atoms with Crippen molar-refractivity contribution in [3.63, 3.8) is 0 Å². The molecule has 0 saturated heterocycles. The van der Waals surface area contributed by atoms with E-state index in [9.17, 15) is 14.4 Å². The molecule has 2 rings (SSSR count). The summed E-state index contributed by atoms with van der Waals surface area (Å²) in [6, 6.07) is 6.52. The minimum absolute atomic E-state index is 0.127. The van der Waals surface area contributed by atoms with Crippen molar-refractivity contribution in [1.82, 2.24) is 15.5 Å². The number of carbonyl (C=O) groups is 3. The summed E-state index contributed by atoms with van der Waals surface area (Å²) in [5.41, 5.74) is 1.28. The van der Waals surface area contributed by atoms with E-state index in [4.69, 9.17) is 4.74 Å². The Morgan fingerprint density at radius 2 is 1.65 bits per heavy atom. The first-order valence-electron chi connectivity index (χ1n) is 14.2. The second kappa shape index (κ2) is 14.4. The third-order valence-electron chi connectivity index (χ3n) is 6.86. The number of nitrogens with one attached hydrogen (secondary N) is 2. The van der Waals surface area contributed by atoms with E-state index < -0.39 is 23.8 Å². The molecule has 2 N–H and O–H groups in total. The van der Waals surface area contributed by atoms with Crippen molar-refractivity contribution in [2.75, 3.05) is 6.54 Å². The molecule has 3 amide bonds. The van der Waals surface area contributed by atoms with Crippen LogP contribution in [0.3, 0.4) is 0 Å². The van der Waals surface area contributed by atoms with Crippen molar-refractivity contribution in [2.45, 2.75) is 124 Å². The molecule has 1 aromatic rings. The van der Waals surface area contributed by atoms with Crippen LogP contribution in [-0.2, 0) is 20.7 Å². The molecule has 0 heterocycles. The zero-order chi connectivity index (χ0) is 27.6. The Balaban J connectivity index is 2.43. The van der Waals surface area contributed by atoms with Gasteiger partial charge in [-0.1, -0.05) is 77.6 Å². The Morgan fingerprint density at radius 3 is 2.16 bits per heavy atom. The quantitative estimate of drug-likeness (QED) is 0.383. The fourth-order valence-corrected chi connectivity index (χ4v) is 4.76. The maximum Gasteiger partial charge on any atom is 0.408 e. The van der Waals surface area contributed by atoms with Crippen LogP contribution in [0.1, 0.15) is 111 Å². The minimum atomic E-state index is -0.813. The largest absolute Gasteiger partial charge is 0.444 e. The smallest absolute Gasteiger partial charge is 0.408 e. The van der Waals surface area contributed by atoms with Crippen molar-refractivity contribution < 1.29 is 19.1 Å². The van der Waals surface area contributed by atoms with E-state index in [0.29, 0.717) is 6.54 Å². The van der Waals surface area contributed by atoms with Crippen LogP contribution in [0.2, 0.25) is 0 Å². The normalized spacial score (nSPS) is 16.1. The Kier molecular flexibility index (Phi) is 11.9. The van der Waals surface area contributed by atoms with Crippen molar-refractivity contribution in [2.24, 2.45) is 5.92 Å². The molecule has 7 nitrogen and oxygen atoms in total. The van der Waals surface area contributed by atoms with Crippen LogP contribution in [0.25, 0.3) is 0 Å². The summed E-state index contributed by atoms with van der Waals surface area (Å²) in [5.74, 6) is -0.605. The van der Waals surface area contributed by atoms with Gasteiger partial charge in [0.2, 0.25) is 11.8 Å². The lowest BCUT2D eigenvalue weighted by Gasteiger charge is -2.36. The van der Waals surface area contributed by atoms with Crippen molar-refractivity contribution in [3.05, 3.63) is 35.4 Å². The molecule has 1 aliphatic carbocycles. The summed E-state index contributed by atoms with van der Waals surface area (Å²) in [6.07, 6.45) is 7.23. The molecule has 0 aliphatic heterocycles. The van der Waals surface area contributed by atoms with Gasteiger partial charge in [0, 0.05) is 12.6 Å². The molecule has 0 spiro atoms. The highest BCUT2D eigenvalue weighted by Crippen LogP contribution is 2.27. The number of alkyl carbamates (subject to hydrolysis) is 1. The standard InChI is InChI=1S/C30H49N3O4/c1-8-10-20-33(28(35)25(21(3)4)32-29(36)37-30(5,6)7)26(23-18-16-22(9-2)17-19-23)27(34)31-24-14-12-11-13-15-24/h16-19,21,24-26H,8-15,20H2,1-7H3,(H,31,34)(H,32,36). The van der Waals surface area contributed by atoms with Gasteiger partial charge in [-0.25, -0.2) is 4.79 Å². The molecule has 37 heavy (non-hydrogen) atoms. The Hall–Kier alpha value is -2.57. The van der Waals surface area contributed by atoms with E-state index >= 15 is 0 Å². The van der Waals surface area contributed by atoms with Crippen LogP contribution < -0.4 is 10.6 Å². The fraction of sp³-hybridized carbons (Fsp3) is 0.700. The molecule has 2 unspecified atom stereocenters. The maximum atomic E-state index is 14.1. The maximum absolute atomic E-state index is 14.1. The summed E-state index contributed by atoms with van der Waals surface area (Å²) in [6.45, 7) is 13.7. The molecule has 2 atom stereocenters. The van der Waals surface area contributed by atoms with E-state index in [1.807, 2.05) is 38.1 Å². The van der Waals surface area contributed by atoms with E-state index in [-0.39, 0.29) is 23.8 Å². The monoisotopic (exact) mass is 515 g/mol. The molecular weight excluding hydrogens is 466 g/mol. The highest BCUT2D eigenvalue weighted by Gasteiger charge is 2.37. The van der Waals surface area contributed by atoms with Gasteiger partial charge >= 0.3 is 6.09 Å². The van der Waals surface area contributed by atoms with Crippen molar-refractivity contribution in [1.29, 1.82) is 0 Å². The summed E-state index contributed by atoms with van der Waals surface area (Å²) in [7, 11) is 0. The Morgan fingerprint density at radius 1 is 1.03 bits per heavy atom. The summed E-state index contributed by atoms with van der Waals surface area (Å²) >= 11 is 0. The SMILES string of the molecule is CCCCN(C(=O)C(NC(=O)OC(C)(C)C)C(C)C)C(C(=O)NC1CCCCC1)c1ccc(CC)cc1. The molecule has 208 valence electrons. The number of nitrogens with zero attached hydrogens (tertiary/aromatic N) is 1. The van der Waals surface area contributed by atoms with Crippen LogP contribution in [-0.4, -0.2) is 47.0 Å². The molecule has 7 heteroatoms. The second-order valence-electron chi connectivity index (χ2n) is 11.6. The number of benzene rings is 1. The van der Waals surface area contributed by atoms with Crippen LogP contribution in [0.4, 0.5) is 4.79 Å². The zero-order valence-electron chi connectivity index (χ0n) is 24.1. The number of hydrogen-bond acceptors (Lipinski definition) is 4. The number of carbonyl (C=O) groups excluding carboxylic acids is 3. The highest BCUT2D eigenvalue weighted by molar-refractivity contribution is 5.92. The van der Waals surface area contributed by atoms with Gasteiger partial charge in [0.25, 0.3) is 0 Å². The van der Waals surface area contributed by atoms with Gasteiger partial charge in [-0.3, -0.25) is 9.59 Å². The van der Waals surface area contributed by atoms with Crippen LogP contribution in [0.15, 0.2) is 24.3 Å². The van der Waals surface area contributed by atoms with E-state index in [0.717, 1.165) is 50.5 Å². The number of ether oxygens (including phenoxy) is 1. The predicted octanol–water partition coefficient (Wildman–Crippen LogP) is 5.92. The molecular formula is C30H49N3O4. The first-order valence-corrected chi connectivity index (χ1v) is 14.2. The number of rotatable bonds is 11.